The molecule has 6 nitrogen and oxygen atoms in total. The smallest absolute Gasteiger partial charge is 0.222 e. The van der Waals surface area contributed by atoms with Crippen molar-refractivity contribution in [3.63, 3.8) is 0 Å². The van der Waals surface area contributed by atoms with Gasteiger partial charge in [-0.3, -0.25) is 9.89 Å². The molecule has 0 fully saturated rings. The summed E-state index contributed by atoms with van der Waals surface area (Å²) in [5.74, 6) is 1.14. The third kappa shape index (κ3) is 3.15. The van der Waals surface area contributed by atoms with Gasteiger partial charge in [-0.25, -0.2) is 4.98 Å². The van der Waals surface area contributed by atoms with Crippen LogP contribution >= 0.6 is 0 Å². The van der Waals surface area contributed by atoms with Crippen LogP contribution in [0.1, 0.15) is 36.8 Å². The first kappa shape index (κ1) is 13.9. The van der Waals surface area contributed by atoms with Gasteiger partial charge in [0.15, 0.2) is 0 Å². The first-order valence-electron chi connectivity index (χ1n) is 7.56. The predicted molar refractivity (Wildman–Crippen MR) is 78.8 cm³/mol. The second-order valence-corrected chi connectivity index (χ2v) is 5.52. The lowest BCUT2D eigenvalue weighted by molar-refractivity contribution is -0.122. The molecule has 1 atom stereocenters. The standard InChI is InChI=1S/C15H21N5O/c1-2-14-16-6-8-20(14)7-5-15(21)18-12-4-3-11-10-17-19-13(11)9-12/h6,8,10,12H,2-5,7,9H2,1H3,(H,17,19)(H,18,21)/t12-/m0/s1. The molecule has 6 heteroatoms. The lowest BCUT2D eigenvalue weighted by Crippen LogP contribution is -2.39. The summed E-state index contributed by atoms with van der Waals surface area (Å²) in [5.41, 5.74) is 2.45. The number of hydrogen-bond acceptors (Lipinski definition) is 3. The molecule has 112 valence electrons. The van der Waals surface area contributed by atoms with Crippen LogP contribution in [0.4, 0.5) is 0 Å². The highest BCUT2D eigenvalue weighted by Crippen LogP contribution is 2.18. The molecule has 0 unspecified atom stereocenters. The van der Waals surface area contributed by atoms with Crippen LogP contribution in [0.5, 0.6) is 0 Å². The molecule has 0 spiro atoms. The van der Waals surface area contributed by atoms with Gasteiger partial charge in [-0.05, 0) is 18.4 Å². The maximum absolute atomic E-state index is 12.1. The van der Waals surface area contributed by atoms with E-state index in [2.05, 4.69) is 27.4 Å². The highest BCUT2D eigenvalue weighted by atomic mass is 16.1. The summed E-state index contributed by atoms with van der Waals surface area (Å²) in [7, 11) is 0. The summed E-state index contributed by atoms with van der Waals surface area (Å²) in [6.45, 7) is 2.76. The van der Waals surface area contributed by atoms with Gasteiger partial charge in [-0.2, -0.15) is 5.10 Å². The Morgan fingerprint density at radius 2 is 2.48 bits per heavy atom. The molecule has 21 heavy (non-hydrogen) atoms. The second-order valence-electron chi connectivity index (χ2n) is 5.52. The Labute approximate surface area is 124 Å². The third-order valence-electron chi connectivity index (χ3n) is 4.08. The number of hydrogen-bond donors (Lipinski definition) is 2. The highest BCUT2D eigenvalue weighted by Gasteiger charge is 2.21. The van der Waals surface area contributed by atoms with E-state index in [-0.39, 0.29) is 11.9 Å². The molecule has 0 radical (unpaired) electrons. The number of imidazole rings is 1. The molecule has 2 N–H and O–H groups in total. The van der Waals surface area contributed by atoms with E-state index in [1.165, 1.54) is 5.56 Å². The highest BCUT2D eigenvalue weighted by molar-refractivity contribution is 5.76. The Hall–Kier alpha value is -2.11. The van der Waals surface area contributed by atoms with Crippen LogP contribution in [0.2, 0.25) is 0 Å². The zero-order valence-corrected chi connectivity index (χ0v) is 12.3. The van der Waals surface area contributed by atoms with Crippen LogP contribution in [0.25, 0.3) is 0 Å². The first-order chi connectivity index (χ1) is 10.3. The Morgan fingerprint density at radius 3 is 3.33 bits per heavy atom. The van der Waals surface area contributed by atoms with Gasteiger partial charge in [-0.15, -0.1) is 0 Å². The Morgan fingerprint density at radius 1 is 1.57 bits per heavy atom. The average molecular weight is 287 g/mol. The van der Waals surface area contributed by atoms with E-state index < -0.39 is 0 Å². The van der Waals surface area contributed by atoms with E-state index in [1.54, 1.807) is 6.20 Å². The normalized spacial score (nSPS) is 17.5. The lowest BCUT2D eigenvalue weighted by atomic mass is 9.94. The van der Waals surface area contributed by atoms with Crippen LogP contribution in [0, 0.1) is 0 Å². The zero-order valence-electron chi connectivity index (χ0n) is 12.3. The minimum absolute atomic E-state index is 0.110. The fraction of sp³-hybridized carbons (Fsp3) is 0.533. The third-order valence-corrected chi connectivity index (χ3v) is 4.08. The van der Waals surface area contributed by atoms with E-state index in [0.29, 0.717) is 13.0 Å². The molecule has 2 heterocycles. The second kappa shape index (κ2) is 6.11. The summed E-state index contributed by atoms with van der Waals surface area (Å²) in [5, 5.41) is 10.2. The monoisotopic (exact) mass is 287 g/mol. The number of aromatic nitrogens is 4. The summed E-state index contributed by atoms with van der Waals surface area (Å²) in [4.78, 5) is 16.4. The average Bonchev–Trinajstić information content (AvgIpc) is 3.13. The molecule has 0 aliphatic heterocycles. The predicted octanol–water partition coefficient (Wildman–Crippen LogP) is 1.23. The molecule has 1 aliphatic rings. The van der Waals surface area contributed by atoms with E-state index >= 15 is 0 Å². The van der Waals surface area contributed by atoms with Gasteiger partial charge < -0.3 is 9.88 Å². The summed E-state index contributed by atoms with van der Waals surface area (Å²) >= 11 is 0. The molecular weight excluding hydrogens is 266 g/mol. The van der Waals surface area contributed by atoms with E-state index in [0.717, 1.165) is 37.2 Å². The number of amides is 1. The van der Waals surface area contributed by atoms with E-state index in [4.69, 9.17) is 0 Å². The quantitative estimate of drug-likeness (QED) is 0.868. The minimum atomic E-state index is 0.110. The van der Waals surface area contributed by atoms with Crippen molar-refractivity contribution in [2.24, 2.45) is 0 Å². The Bertz CT molecular complexity index is 615. The lowest BCUT2D eigenvalue weighted by Gasteiger charge is -2.22. The van der Waals surface area contributed by atoms with Crippen LogP contribution < -0.4 is 5.32 Å². The summed E-state index contributed by atoms with van der Waals surface area (Å²) in [6, 6.07) is 0.221. The topological polar surface area (TPSA) is 75.6 Å². The number of carbonyl (C=O) groups is 1. The molecule has 3 rings (SSSR count). The van der Waals surface area contributed by atoms with Crippen LogP contribution in [0.15, 0.2) is 18.6 Å². The van der Waals surface area contributed by atoms with Gasteiger partial charge in [-0.1, -0.05) is 6.92 Å². The van der Waals surface area contributed by atoms with E-state index in [1.807, 2.05) is 17.0 Å². The van der Waals surface area contributed by atoms with Crippen LogP contribution in [0.3, 0.4) is 0 Å². The largest absolute Gasteiger partial charge is 0.353 e. The van der Waals surface area contributed by atoms with Crippen molar-refractivity contribution >= 4 is 5.91 Å². The Kier molecular flexibility index (Phi) is 4.03. The molecule has 0 saturated carbocycles. The van der Waals surface area contributed by atoms with Crippen molar-refractivity contribution in [3.8, 4) is 0 Å². The van der Waals surface area contributed by atoms with Crippen LogP contribution in [-0.2, 0) is 30.6 Å². The Balaban J connectivity index is 1.49. The van der Waals surface area contributed by atoms with Gasteiger partial charge in [0.25, 0.3) is 0 Å². The number of aryl methyl sites for hydroxylation is 3. The maximum Gasteiger partial charge on any atom is 0.222 e. The number of H-pyrrole nitrogens is 1. The fourth-order valence-corrected chi connectivity index (χ4v) is 2.91. The van der Waals surface area contributed by atoms with Crippen molar-refractivity contribution in [3.05, 3.63) is 35.7 Å². The summed E-state index contributed by atoms with van der Waals surface area (Å²) in [6.07, 6.45) is 9.82. The van der Waals surface area contributed by atoms with Crippen molar-refractivity contribution in [1.82, 2.24) is 25.1 Å². The maximum atomic E-state index is 12.1. The first-order valence-corrected chi connectivity index (χ1v) is 7.56. The number of carbonyl (C=O) groups excluding carboxylic acids is 1. The molecule has 2 aromatic heterocycles. The number of fused-ring (bicyclic) bond motifs is 1. The number of nitrogens with one attached hydrogen (secondary N) is 2. The van der Waals surface area contributed by atoms with Crippen LogP contribution in [-0.4, -0.2) is 31.7 Å². The number of aromatic amines is 1. The summed E-state index contributed by atoms with van der Waals surface area (Å²) < 4.78 is 2.05. The SMILES string of the molecule is CCc1nccn1CCC(=O)N[C@H]1CCc2cn[nH]c2C1. The van der Waals surface area contributed by atoms with Gasteiger partial charge in [0, 0.05) is 49.9 Å². The van der Waals surface area contributed by atoms with Crippen molar-refractivity contribution < 1.29 is 4.79 Å². The van der Waals surface area contributed by atoms with Gasteiger partial charge in [0.05, 0.1) is 6.20 Å². The number of rotatable bonds is 5. The molecule has 1 aliphatic carbocycles. The van der Waals surface area contributed by atoms with Gasteiger partial charge in [0.2, 0.25) is 5.91 Å². The zero-order chi connectivity index (χ0) is 14.7. The molecule has 2 aromatic rings. The van der Waals surface area contributed by atoms with E-state index in [9.17, 15) is 4.79 Å². The van der Waals surface area contributed by atoms with Crippen molar-refractivity contribution in [2.75, 3.05) is 0 Å². The van der Waals surface area contributed by atoms with Gasteiger partial charge in [0.1, 0.15) is 5.82 Å². The number of nitrogens with zero attached hydrogens (tertiary/aromatic N) is 3. The molecule has 1 amide bonds. The fourth-order valence-electron chi connectivity index (χ4n) is 2.91. The van der Waals surface area contributed by atoms with Crippen molar-refractivity contribution in [1.29, 1.82) is 0 Å². The molecule has 0 saturated heterocycles. The molecule has 0 aromatic carbocycles. The van der Waals surface area contributed by atoms with Crippen molar-refractivity contribution in [2.45, 2.75) is 51.6 Å². The van der Waals surface area contributed by atoms with Gasteiger partial charge >= 0.3 is 0 Å². The molecule has 0 bridgehead atoms. The molecular formula is C15H21N5O. The minimum Gasteiger partial charge on any atom is -0.353 e.